The first-order valence-corrected chi connectivity index (χ1v) is 3.17. The highest BCUT2D eigenvalue weighted by Crippen LogP contribution is 2.17. The molecule has 0 atom stereocenters. The maximum atomic E-state index is 11.5. The van der Waals surface area contributed by atoms with Crippen LogP contribution in [0.5, 0.6) is 6.01 Å². The van der Waals surface area contributed by atoms with Gasteiger partial charge in [0.1, 0.15) is 0 Å². The number of hydrogen-bond donors (Lipinski definition) is 0. The quantitative estimate of drug-likeness (QED) is 0.612. The van der Waals surface area contributed by atoms with Crippen molar-refractivity contribution in [3.8, 4) is 6.01 Å². The molecular weight excluding hydrogens is 199 g/mol. The molecule has 9 heteroatoms. The highest BCUT2D eigenvalue weighted by atomic mass is 32.1. The van der Waals surface area contributed by atoms with Crippen LogP contribution >= 0.6 is 11.7 Å². The minimum absolute atomic E-state index is 0.537. The van der Waals surface area contributed by atoms with Gasteiger partial charge in [-0.3, -0.25) is 0 Å². The Morgan fingerprint density at radius 3 is 2.58 bits per heavy atom. The molecule has 0 saturated heterocycles. The van der Waals surface area contributed by atoms with Crippen LogP contribution < -0.4 is 4.74 Å². The van der Waals surface area contributed by atoms with Gasteiger partial charge in [-0.15, -0.1) is 4.37 Å². The number of nitrogens with zero attached hydrogens (tertiary/aromatic N) is 3. The molecule has 1 aromatic rings. The summed E-state index contributed by atoms with van der Waals surface area (Å²) in [5.41, 5.74) is 0. The van der Waals surface area contributed by atoms with Crippen molar-refractivity contribution >= 4 is 17.7 Å². The minimum Gasteiger partial charge on any atom is -0.382 e. The van der Waals surface area contributed by atoms with Gasteiger partial charge >= 0.3 is 18.2 Å². The van der Waals surface area contributed by atoms with Crippen LogP contribution in [-0.4, -0.2) is 26.1 Å². The summed E-state index contributed by atoms with van der Waals surface area (Å²) in [5.74, 6) is -2.36. The fraction of sp³-hybridized carbons (Fsp3) is 0.333. The summed E-state index contributed by atoms with van der Waals surface area (Å²) < 4.78 is 44.4. The van der Waals surface area contributed by atoms with Gasteiger partial charge in [0.05, 0.1) is 11.7 Å². The molecule has 1 heterocycles. The van der Waals surface area contributed by atoms with Gasteiger partial charge in [-0.05, 0) is 0 Å². The van der Waals surface area contributed by atoms with Crippen LogP contribution in [0.15, 0.2) is 0 Å². The maximum Gasteiger partial charge on any atom is 0.491 e. The van der Waals surface area contributed by atoms with Gasteiger partial charge in [0, 0.05) is 0 Å². The van der Waals surface area contributed by atoms with Crippen molar-refractivity contribution in [2.24, 2.45) is 0 Å². The number of carbonyl (C=O) groups excluding carboxylic acids is 1. The first-order valence-electron chi connectivity index (χ1n) is 2.44. The van der Waals surface area contributed by atoms with E-state index in [4.69, 9.17) is 0 Å². The molecule has 0 unspecified atom stereocenters. The average Bonchev–Trinajstić information content (AvgIpc) is 2.37. The second-order valence-electron chi connectivity index (χ2n) is 1.52. The van der Waals surface area contributed by atoms with E-state index in [1.165, 1.54) is 0 Å². The van der Waals surface area contributed by atoms with Gasteiger partial charge in [0.15, 0.2) is 0 Å². The molecule has 0 bridgehead atoms. The zero-order chi connectivity index (χ0) is 9.19. The number of alkyl halides is 3. The topological polar surface area (TPSA) is 65.0 Å². The number of carbonyl (C=O) groups is 1. The summed E-state index contributed by atoms with van der Waals surface area (Å²) >= 11 is 0.537. The van der Waals surface area contributed by atoms with Gasteiger partial charge < -0.3 is 4.74 Å². The smallest absolute Gasteiger partial charge is 0.382 e. The fourth-order valence-corrected chi connectivity index (χ4v) is 0.591. The van der Waals surface area contributed by atoms with Gasteiger partial charge in [-0.25, -0.2) is 4.79 Å². The van der Waals surface area contributed by atoms with Crippen LogP contribution in [-0.2, 0) is 4.79 Å². The third-order valence-electron chi connectivity index (χ3n) is 0.697. The standard InChI is InChI=1S/C3F3N3O2S/c4-3(5,6)1(10)11-2-7-9-12-8-2. The van der Waals surface area contributed by atoms with E-state index < -0.39 is 18.2 Å². The Labute approximate surface area is 67.5 Å². The first kappa shape index (κ1) is 8.84. The third kappa shape index (κ3) is 2.12. The van der Waals surface area contributed by atoms with Gasteiger partial charge in [-0.1, -0.05) is 9.59 Å². The lowest BCUT2D eigenvalue weighted by atomic mass is 10.7. The molecule has 0 aliphatic carbocycles. The van der Waals surface area contributed by atoms with Crippen LogP contribution in [0, 0.1) is 0 Å². The number of aromatic nitrogens is 3. The van der Waals surface area contributed by atoms with Crippen molar-refractivity contribution in [3.63, 3.8) is 0 Å². The van der Waals surface area contributed by atoms with Crippen molar-refractivity contribution in [2.45, 2.75) is 6.18 Å². The molecule has 5 nitrogen and oxygen atoms in total. The Balaban J connectivity index is 2.60. The van der Waals surface area contributed by atoms with Crippen LogP contribution in [0.25, 0.3) is 0 Å². The fourth-order valence-electron chi connectivity index (χ4n) is 0.304. The van der Waals surface area contributed by atoms with Gasteiger partial charge in [0.2, 0.25) is 0 Å². The lowest BCUT2D eigenvalue weighted by molar-refractivity contribution is -0.190. The van der Waals surface area contributed by atoms with E-state index in [1.54, 1.807) is 0 Å². The summed E-state index contributed by atoms with van der Waals surface area (Å²) in [7, 11) is 0. The van der Waals surface area contributed by atoms with E-state index in [9.17, 15) is 18.0 Å². The highest BCUT2D eigenvalue weighted by Gasteiger charge is 2.42. The number of esters is 1. The van der Waals surface area contributed by atoms with Crippen molar-refractivity contribution in [2.75, 3.05) is 0 Å². The van der Waals surface area contributed by atoms with E-state index in [1.807, 2.05) is 0 Å². The summed E-state index contributed by atoms with van der Waals surface area (Å²) in [5, 5.41) is 2.98. The Morgan fingerprint density at radius 1 is 1.50 bits per heavy atom. The Kier molecular flexibility index (Phi) is 2.22. The summed E-state index contributed by atoms with van der Waals surface area (Å²) in [6.45, 7) is 0. The molecule has 1 aromatic heterocycles. The van der Waals surface area contributed by atoms with Gasteiger partial charge in [-0.2, -0.15) is 13.2 Å². The number of ether oxygens (including phenoxy) is 1. The van der Waals surface area contributed by atoms with E-state index in [-0.39, 0.29) is 0 Å². The molecule has 0 aromatic carbocycles. The molecule has 0 spiro atoms. The zero-order valence-electron chi connectivity index (χ0n) is 5.20. The van der Waals surface area contributed by atoms with E-state index in [0.29, 0.717) is 11.7 Å². The van der Waals surface area contributed by atoms with E-state index >= 15 is 0 Å². The van der Waals surface area contributed by atoms with Crippen LogP contribution in [0.2, 0.25) is 0 Å². The SMILES string of the molecule is O=C(Oc1nnsn1)C(F)(F)F. The highest BCUT2D eigenvalue weighted by molar-refractivity contribution is 6.98. The lowest BCUT2D eigenvalue weighted by Gasteiger charge is -2.01. The molecule has 66 valence electrons. The predicted molar refractivity (Wildman–Crippen MR) is 29.4 cm³/mol. The molecule has 1 rings (SSSR count). The number of hydrogen-bond acceptors (Lipinski definition) is 6. The molecule has 0 aliphatic heterocycles. The normalized spacial score (nSPS) is 11.2. The molecule has 0 saturated carbocycles. The van der Waals surface area contributed by atoms with Crippen LogP contribution in [0.1, 0.15) is 0 Å². The summed E-state index contributed by atoms with van der Waals surface area (Å²) in [6.07, 6.45) is -5.04. The molecule has 0 amide bonds. The first-order chi connectivity index (χ1) is 5.50. The Morgan fingerprint density at radius 2 is 2.17 bits per heavy atom. The number of halogens is 3. The monoisotopic (exact) mass is 199 g/mol. The van der Waals surface area contributed by atoms with Crippen molar-refractivity contribution in [1.82, 2.24) is 14.0 Å². The number of rotatable bonds is 1. The second kappa shape index (κ2) is 3.01. The molecule has 0 fully saturated rings. The predicted octanol–water partition coefficient (Wildman–Crippen LogP) is 0.401. The molecule has 0 aliphatic rings. The second-order valence-corrected chi connectivity index (χ2v) is 2.03. The van der Waals surface area contributed by atoms with Crippen molar-refractivity contribution in [3.05, 3.63) is 0 Å². The lowest BCUT2D eigenvalue weighted by Crippen LogP contribution is -2.28. The van der Waals surface area contributed by atoms with Crippen molar-refractivity contribution < 1.29 is 22.7 Å². The van der Waals surface area contributed by atoms with E-state index in [2.05, 4.69) is 18.7 Å². The summed E-state index contributed by atoms with van der Waals surface area (Å²) in [6, 6.07) is -0.692. The Hall–Kier alpha value is -1.25. The molecule has 0 radical (unpaired) electrons. The minimum atomic E-state index is -5.04. The molecular formula is C3F3N3O2S. The van der Waals surface area contributed by atoms with Crippen LogP contribution in [0.3, 0.4) is 0 Å². The largest absolute Gasteiger partial charge is 0.491 e. The summed E-state index contributed by atoms with van der Waals surface area (Å²) in [4.78, 5) is 10.1. The Bertz CT molecular complexity index is 271. The molecule has 0 N–H and O–H groups in total. The average molecular weight is 199 g/mol. The van der Waals surface area contributed by atoms with Gasteiger partial charge in [0.25, 0.3) is 0 Å². The zero-order valence-corrected chi connectivity index (χ0v) is 6.02. The molecule has 12 heavy (non-hydrogen) atoms. The van der Waals surface area contributed by atoms with E-state index in [0.717, 1.165) is 0 Å². The van der Waals surface area contributed by atoms with Crippen molar-refractivity contribution in [1.29, 1.82) is 0 Å². The third-order valence-corrected chi connectivity index (χ3v) is 1.09. The maximum absolute atomic E-state index is 11.5. The van der Waals surface area contributed by atoms with Crippen LogP contribution in [0.4, 0.5) is 13.2 Å².